The van der Waals surface area contributed by atoms with E-state index in [4.69, 9.17) is 0 Å². The molecule has 0 spiro atoms. The predicted molar refractivity (Wildman–Crippen MR) is 115 cm³/mol. The fourth-order valence-corrected chi connectivity index (χ4v) is 3.60. The van der Waals surface area contributed by atoms with Crippen LogP contribution in [0.4, 0.5) is 0 Å². The number of carbonyl (C=O) groups is 2. The zero-order chi connectivity index (χ0) is 19.4. The minimum Gasteiger partial charge on any atom is -0.341 e. The SMILES string of the molecule is Cc1ccc(C(=O)NC(C(=O)N2CCC(NCC3CC3)CC2)C(C)C)cc1.Cl. The Morgan fingerprint density at radius 3 is 2.21 bits per heavy atom. The number of carbonyl (C=O) groups excluding carboxylic acids is 2. The fourth-order valence-electron chi connectivity index (χ4n) is 3.60. The highest BCUT2D eigenvalue weighted by Crippen LogP contribution is 2.28. The van der Waals surface area contributed by atoms with Gasteiger partial charge < -0.3 is 15.5 Å². The minimum absolute atomic E-state index is 0. The third-order valence-corrected chi connectivity index (χ3v) is 5.73. The van der Waals surface area contributed by atoms with Crippen molar-refractivity contribution in [3.05, 3.63) is 35.4 Å². The third-order valence-electron chi connectivity index (χ3n) is 5.73. The predicted octanol–water partition coefficient (Wildman–Crippen LogP) is 3.16. The molecular weight excluding hydrogens is 374 g/mol. The van der Waals surface area contributed by atoms with Crippen LogP contribution in [0.1, 0.15) is 55.5 Å². The Labute approximate surface area is 175 Å². The highest BCUT2D eigenvalue weighted by Gasteiger charge is 2.32. The number of hydrogen-bond donors (Lipinski definition) is 2. The Balaban J connectivity index is 0.00000280. The molecule has 1 atom stereocenters. The lowest BCUT2D eigenvalue weighted by Gasteiger charge is -2.35. The first-order valence-corrected chi connectivity index (χ1v) is 10.3. The number of rotatable bonds is 7. The van der Waals surface area contributed by atoms with Crippen molar-refractivity contribution in [2.75, 3.05) is 19.6 Å². The molecule has 2 amide bonds. The van der Waals surface area contributed by atoms with Gasteiger partial charge in [-0.15, -0.1) is 12.4 Å². The largest absolute Gasteiger partial charge is 0.341 e. The number of nitrogens with one attached hydrogen (secondary N) is 2. The molecule has 0 bridgehead atoms. The first-order chi connectivity index (χ1) is 12.9. The Morgan fingerprint density at radius 2 is 1.68 bits per heavy atom. The zero-order valence-electron chi connectivity index (χ0n) is 17.2. The summed E-state index contributed by atoms with van der Waals surface area (Å²) in [6.45, 7) is 8.63. The normalized spacial score (nSPS) is 18.5. The number of piperidine rings is 1. The van der Waals surface area contributed by atoms with Crippen molar-refractivity contribution in [2.24, 2.45) is 11.8 Å². The summed E-state index contributed by atoms with van der Waals surface area (Å²) in [6.07, 6.45) is 4.71. The molecule has 1 aromatic rings. The van der Waals surface area contributed by atoms with Crippen LogP contribution in [0.3, 0.4) is 0 Å². The summed E-state index contributed by atoms with van der Waals surface area (Å²) in [5, 5.41) is 6.61. The maximum Gasteiger partial charge on any atom is 0.251 e. The maximum absolute atomic E-state index is 13.0. The van der Waals surface area contributed by atoms with E-state index in [1.807, 2.05) is 49.9 Å². The number of hydrogen-bond acceptors (Lipinski definition) is 3. The van der Waals surface area contributed by atoms with E-state index < -0.39 is 6.04 Å². The van der Waals surface area contributed by atoms with Crippen LogP contribution < -0.4 is 10.6 Å². The number of benzene rings is 1. The van der Waals surface area contributed by atoms with E-state index in [9.17, 15) is 9.59 Å². The van der Waals surface area contributed by atoms with Gasteiger partial charge in [0.05, 0.1) is 0 Å². The first-order valence-electron chi connectivity index (χ1n) is 10.3. The van der Waals surface area contributed by atoms with Crippen molar-refractivity contribution in [2.45, 2.75) is 58.5 Å². The molecule has 0 radical (unpaired) electrons. The van der Waals surface area contributed by atoms with Crippen molar-refractivity contribution in [3.63, 3.8) is 0 Å². The number of amides is 2. The van der Waals surface area contributed by atoms with Gasteiger partial charge in [-0.25, -0.2) is 0 Å². The van der Waals surface area contributed by atoms with Gasteiger partial charge in [-0.1, -0.05) is 31.5 Å². The average molecular weight is 408 g/mol. The molecule has 3 rings (SSSR count). The molecular formula is C22H34ClN3O2. The molecule has 1 saturated heterocycles. The molecule has 156 valence electrons. The lowest BCUT2D eigenvalue weighted by atomic mass is 9.99. The van der Waals surface area contributed by atoms with Gasteiger partial charge in [0, 0.05) is 24.7 Å². The van der Waals surface area contributed by atoms with Crippen LogP contribution in [0.2, 0.25) is 0 Å². The molecule has 1 unspecified atom stereocenters. The van der Waals surface area contributed by atoms with Crippen LogP contribution in [0.5, 0.6) is 0 Å². The Kier molecular flexibility index (Phi) is 8.32. The molecule has 5 nitrogen and oxygen atoms in total. The highest BCUT2D eigenvalue weighted by molar-refractivity contribution is 5.97. The van der Waals surface area contributed by atoms with Gasteiger partial charge in [0.2, 0.25) is 5.91 Å². The average Bonchev–Trinajstić information content (AvgIpc) is 3.49. The smallest absolute Gasteiger partial charge is 0.251 e. The fraction of sp³-hybridized carbons (Fsp3) is 0.636. The number of halogens is 1. The van der Waals surface area contributed by atoms with Crippen LogP contribution in [-0.2, 0) is 4.79 Å². The topological polar surface area (TPSA) is 61.4 Å². The molecule has 1 aliphatic carbocycles. The van der Waals surface area contributed by atoms with E-state index in [1.165, 1.54) is 12.8 Å². The van der Waals surface area contributed by atoms with Crippen molar-refractivity contribution in [1.29, 1.82) is 0 Å². The lowest BCUT2D eigenvalue weighted by Crippen LogP contribution is -2.54. The Hall–Kier alpha value is -1.59. The van der Waals surface area contributed by atoms with Crippen LogP contribution in [0.25, 0.3) is 0 Å². The monoisotopic (exact) mass is 407 g/mol. The maximum atomic E-state index is 13.0. The molecule has 28 heavy (non-hydrogen) atoms. The molecule has 0 aromatic heterocycles. The second-order valence-electron chi connectivity index (χ2n) is 8.51. The van der Waals surface area contributed by atoms with Gasteiger partial charge in [0.25, 0.3) is 5.91 Å². The highest BCUT2D eigenvalue weighted by atomic mass is 35.5. The van der Waals surface area contributed by atoms with E-state index in [0.29, 0.717) is 11.6 Å². The van der Waals surface area contributed by atoms with Crippen molar-refractivity contribution in [1.82, 2.24) is 15.5 Å². The summed E-state index contributed by atoms with van der Waals surface area (Å²) < 4.78 is 0. The van der Waals surface area contributed by atoms with Gasteiger partial charge in [-0.05, 0) is 63.1 Å². The number of likely N-dealkylation sites (tertiary alicyclic amines) is 1. The number of nitrogens with zero attached hydrogens (tertiary/aromatic N) is 1. The summed E-state index contributed by atoms with van der Waals surface area (Å²) in [7, 11) is 0. The number of aryl methyl sites for hydroxylation is 1. The van der Waals surface area contributed by atoms with Crippen LogP contribution in [0, 0.1) is 18.8 Å². The molecule has 6 heteroatoms. The van der Waals surface area contributed by atoms with Crippen LogP contribution in [0.15, 0.2) is 24.3 Å². The third kappa shape index (κ3) is 6.21. The first kappa shape index (κ1) is 22.7. The van der Waals surface area contributed by atoms with E-state index in [1.54, 1.807) is 0 Å². The minimum atomic E-state index is -0.477. The zero-order valence-corrected chi connectivity index (χ0v) is 18.1. The molecule has 2 aliphatic rings. The van der Waals surface area contributed by atoms with Gasteiger partial charge >= 0.3 is 0 Å². The van der Waals surface area contributed by atoms with Gasteiger partial charge in [0.15, 0.2) is 0 Å². The summed E-state index contributed by atoms with van der Waals surface area (Å²) >= 11 is 0. The molecule has 2 N–H and O–H groups in total. The Morgan fingerprint density at radius 1 is 1.07 bits per heavy atom. The molecule has 1 aromatic carbocycles. The van der Waals surface area contributed by atoms with Gasteiger partial charge in [-0.2, -0.15) is 0 Å². The molecule has 1 aliphatic heterocycles. The summed E-state index contributed by atoms with van der Waals surface area (Å²) in [6, 6.07) is 7.50. The second kappa shape index (κ2) is 10.3. The second-order valence-corrected chi connectivity index (χ2v) is 8.51. The van der Waals surface area contributed by atoms with E-state index in [-0.39, 0.29) is 30.1 Å². The van der Waals surface area contributed by atoms with Gasteiger partial charge in [-0.3, -0.25) is 9.59 Å². The summed E-state index contributed by atoms with van der Waals surface area (Å²) in [4.78, 5) is 27.5. The molecule has 1 heterocycles. The molecule has 2 fully saturated rings. The standard InChI is InChI=1S/C22H33N3O2.ClH/c1-15(2)20(24-21(26)18-8-4-16(3)5-9-18)22(27)25-12-10-19(11-13-25)23-14-17-6-7-17;/h4-5,8-9,15,17,19-20,23H,6-7,10-14H2,1-3H3,(H,24,26);1H. The van der Waals surface area contributed by atoms with Crippen LogP contribution in [-0.4, -0.2) is 48.4 Å². The van der Waals surface area contributed by atoms with Crippen molar-refractivity contribution >= 4 is 24.2 Å². The quantitative estimate of drug-likeness (QED) is 0.729. The Bertz CT molecular complexity index is 650. The summed E-state index contributed by atoms with van der Waals surface area (Å²) in [5.74, 6) is 0.804. The van der Waals surface area contributed by atoms with E-state index >= 15 is 0 Å². The van der Waals surface area contributed by atoms with Crippen molar-refractivity contribution in [3.8, 4) is 0 Å². The molecule has 1 saturated carbocycles. The van der Waals surface area contributed by atoms with Gasteiger partial charge in [0.1, 0.15) is 6.04 Å². The van der Waals surface area contributed by atoms with Crippen molar-refractivity contribution < 1.29 is 9.59 Å². The summed E-state index contributed by atoms with van der Waals surface area (Å²) in [5.41, 5.74) is 1.71. The van der Waals surface area contributed by atoms with E-state index in [2.05, 4.69) is 10.6 Å². The van der Waals surface area contributed by atoms with E-state index in [0.717, 1.165) is 44.0 Å². The lowest BCUT2D eigenvalue weighted by molar-refractivity contribution is -0.135. The van der Waals surface area contributed by atoms with Crippen LogP contribution >= 0.6 is 12.4 Å².